The highest BCUT2D eigenvalue weighted by atomic mass is 16.1. The minimum absolute atomic E-state index is 0.150. The van der Waals surface area contributed by atoms with Gasteiger partial charge in [-0.3, -0.25) is 4.79 Å². The van der Waals surface area contributed by atoms with Crippen LogP contribution in [0.15, 0.2) is 36.5 Å². The van der Waals surface area contributed by atoms with Crippen molar-refractivity contribution < 1.29 is 4.79 Å². The number of aromatic nitrogens is 1. The van der Waals surface area contributed by atoms with Crippen LogP contribution in [-0.4, -0.2) is 56.1 Å². The van der Waals surface area contributed by atoms with Gasteiger partial charge in [-0.05, 0) is 70.8 Å². The van der Waals surface area contributed by atoms with E-state index in [1.807, 2.05) is 25.1 Å². The number of likely N-dealkylation sites (N-methyl/N-ethyl adjacent to an activating group) is 1. The minimum atomic E-state index is -0.150. The zero-order chi connectivity index (χ0) is 19.8. The lowest BCUT2D eigenvalue weighted by Crippen LogP contribution is -2.31. The number of benzene rings is 1. The lowest BCUT2D eigenvalue weighted by molar-refractivity contribution is 0.0946. The highest BCUT2D eigenvalue weighted by molar-refractivity contribution is 5.92. The highest BCUT2D eigenvalue weighted by Crippen LogP contribution is 2.25. The highest BCUT2D eigenvalue weighted by Gasteiger charge is 2.08. The molecule has 0 spiro atoms. The van der Waals surface area contributed by atoms with E-state index in [1.165, 1.54) is 11.3 Å². The lowest BCUT2D eigenvalue weighted by Gasteiger charge is -2.22. The molecule has 1 aromatic carbocycles. The summed E-state index contributed by atoms with van der Waals surface area (Å²) in [7, 11) is 3.95. The van der Waals surface area contributed by atoms with Crippen molar-refractivity contribution in [1.82, 2.24) is 15.2 Å². The Bertz CT molecular complexity index is 739. The summed E-state index contributed by atoms with van der Waals surface area (Å²) in [5.74, 6) is -0.150. The maximum Gasteiger partial charge on any atom is 0.269 e. The summed E-state index contributed by atoms with van der Waals surface area (Å²) in [5.41, 5.74) is 4.72. The molecule has 27 heavy (non-hydrogen) atoms. The third-order valence-electron chi connectivity index (χ3n) is 4.46. The molecule has 2 rings (SSSR count). The number of hydrogen-bond donors (Lipinski definition) is 2. The Morgan fingerprint density at radius 2 is 1.85 bits per heavy atom. The van der Waals surface area contributed by atoms with Gasteiger partial charge >= 0.3 is 0 Å². The number of nitrogens with zero attached hydrogens (tertiary/aromatic N) is 3. The van der Waals surface area contributed by atoms with Crippen molar-refractivity contribution in [1.29, 1.82) is 0 Å². The molecule has 0 saturated carbocycles. The summed E-state index contributed by atoms with van der Waals surface area (Å²) in [4.78, 5) is 20.7. The van der Waals surface area contributed by atoms with Crippen molar-refractivity contribution in [2.45, 2.75) is 20.8 Å². The van der Waals surface area contributed by atoms with Gasteiger partial charge in [-0.1, -0.05) is 0 Å². The van der Waals surface area contributed by atoms with Crippen LogP contribution in [0.4, 0.5) is 17.1 Å². The van der Waals surface area contributed by atoms with Crippen LogP contribution in [0.3, 0.4) is 0 Å². The second-order valence-electron chi connectivity index (χ2n) is 6.79. The van der Waals surface area contributed by atoms with Crippen LogP contribution >= 0.6 is 0 Å². The lowest BCUT2D eigenvalue weighted by atomic mass is 10.1. The van der Waals surface area contributed by atoms with E-state index in [-0.39, 0.29) is 5.91 Å². The van der Waals surface area contributed by atoms with E-state index in [1.54, 1.807) is 12.3 Å². The number of rotatable bonds is 9. The Balaban J connectivity index is 2.01. The molecule has 0 saturated heterocycles. The molecule has 6 heteroatoms. The van der Waals surface area contributed by atoms with E-state index < -0.39 is 0 Å². The Hall–Kier alpha value is -2.60. The first-order chi connectivity index (χ1) is 12.9. The molecule has 0 unspecified atom stereocenters. The number of carbonyl (C=O) groups is 1. The van der Waals surface area contributed by atoms with E-state index in [9.17, 15) is 4.79 Å². The molecule has 1 aromatic heterocycles. The van der Waals surface area contributed by atoms with Gasteiger partial charge in [-0.25, -0.2) is 4.98 Å². The number of nitrogens with one attached hydrogen (secondary N) is 2. The van der Waals surface area contributed by atoms with Crippen LogP contribution in [0.1, 0.15) is 29.9 Å². The van der Waals surface area contributed by atoms with Crippen LogP contribution in [0.25, 0.3) is 0 Å². The second kappa shape index (κ2) is 9.92. The van der Waals surface area contributed by atoms with Gasteiger partial charge in [0.1, 0.15) is 5.69 Å². The van der Waals surface area contributed by atoms with E-state index in [2.05, 4.69) is 59.5 Å². The topological polar surface area (TPSA) is 60.5 Å². The molecule has 6 nitrogen and oxygen atoms in total. The number of aryl methyl sites for hydroxylation is 1. The summed E-state index contributed by atoms with van der Waals surface area (Å²) < 4.78 is 0. The monoisotopic (exact) mass is 369 g/mol. The summed E-state index contributed by atoms with van der Waals surface area (Å²) >= 11 is 0. The quantitative estimate of drug-likeness (QED) is 0.710. The first-order valence-corrected chi connectivity index (χ1v) is 9.46. The van der Waals surface area contributed by atoms with Gasteiger partial charge in [0.25, 0.3) is 5.91 Å². The second-order valence-corrected chi connectivity index (χ2v) is 6.79. The number of hydrogen-bond acceptors (Lipinski definition) is 5. The van der Waals surface area contributed by atoms with Gasteiger partial charge in [0.2, 0.25) is 0 Å². The van der Waals surface area contributed by atoms with Crippen LogP contribution in [0, 0.1) is 6.92 Å². The van der Waals surface area contributed by atoms with E-state index >= 15 is 0 Å². The fourth-order valence-electron chi connectivity index (χ4n) is 2.81. The number of carbonyl (C=O) groups excluding carboxylic acids is 1. The zero-order valence-corrected chi connectivity index (χ0v) is 17.0. The summed E-state index contributed by atoms with van der Waals surface area (Å²) in [6.45, 7) is 9.80. The smallest absolute Gasteiger partial charge is 0.269 e. The molecule has 2 N–H and O–H groups in total. The number of pyridine rings is 1. The SMILES string of the molecule is CCN(CC)c1ccc(Nc2ccc(C(=O)NCCN(C)C)nc2)c(C)c1. The standard InChI is InChI=1S/C21H31N5O/c1-6-26(7-2)18-9-11-19(16(3)14-18)24-17-8-10-20(23-15-17)21(27)22-12-13-25(4)5/h8-11,14-15,24H,6-7,12-13H2,1-5H3,(H,22,27). The minimum Gasteiger partial charge on any atom is -0.372 e. The first-order valence-electron chi connectivity index (χ1n) is 9.46. The molecule has 0 aliphatic rings. The third kappa shape index (κ3) is 5.96. The molecule has 0 aliphatic carbocycles. The summed E-state index contributed by atoms with van der Waals surface area (Å²) in [6, 6.07) is 10.0. The fourth-order valence-corrected chi connectivity index (χ4v) is 2.81. The van der Waals surface area contributed by atoms with Gasteiger partial charge in [-0.2, -0.15) is 0 Å². The maximum absolute atomic E-state index is 12.1. The van der Waals surface area contributed by atoms with Crippen LogP contribution in [0.2, 0.25) is 0 Å². The van der Waals surface area contributed by atoms with Crippen LogP contribution in [-0.2, 0) is 0 Å². The Morgan fingerprint density at radius 3 is 2.41 bits per heavy atom. The molecule has 0 fully saturated rings. The zero-order valence-electron chi connectivity index (χ0n) is 17.0. The van der Waals surface area contributed by atoms with E-state index in [4.69, 9.17) is 0 Å². The summed E-state index contributed by atoms with van der Waals surface area (Å²) in [5, 5.41) is 6.25. The average molecular weight is 370 g/mol. The normalized spacial score (nSPS) is 10.7. The predicted octanol–water partition coefficient (Wildman–Crippen LogP) is 3.27. The third-order valence-corrected chi connectivity index (χ3v) is 4.46. The Kier molecular flexibility index (Phi) is 7.61. The Morgan fingerprint density at radius 1 is 1.11 bits per heavy atom. The molecular formula is C21H31N5O. The molecule has 0 atom stereocenters. The largest absolute Gasteiger partial charge is 0.372 e. The number of anilines is 3. The van der Waals surface area contributed by atoms with Crippen molar-refractivity contribution in [2.75, 3.05) is 50.5 Å². The average Bonchev–Trinajstić information content (AvgIpc) is 2.65. The maximum atomic E-state index is 12.1. The van der Waals surface area contributed by atoms with Crippen molar-refractivity contribution in [3.8, 4) is 0 Å². The van der Waals surface area contributed by atoms with Crippen LogP contribution < -0.4 is 15.5 Å². The van der Waals surface area contributed by atoms with Gasteiger partial charge in [0.15, 0.2) is 0 Å². The molecule has 0 bridgehead atoms. The molecular weight excluding hydrogens is 338 g/mol. The number of amides is 1. The molecule has 1 amide bonds. The molecule has 146 valence electrons. The van der Waals surface area contributed by atoms with Gasteiger partial charge in [0.05, 0.1) is 11.9 Å². The fraction of sp³-hybridized carbons (Fsp3) is 0.429. The predicted molar refractivity (Wildman–Crippen MR) is 113 cm³/mol. The first kappa shape index (κ1) is 20.7. The van der Waals surface area contributed by atoms with Gasteiger partial charge in [-0.15, -0.1) is 0 Å². The van der Waals surface area contributed by atoms with Crippen molar-refractivity contribution >= 4 is 23.0 Å². The van der Waals surface area contributed by atoms with Crippen LogP contribution in [0.5, 0.6) is 0 Å². The molecule has 1 heterocycles. The Labute approximate surface area is 162 Å². The molecule has 0 radical (unpaired) electrons. The van der Waals surface area contributed by atoms with E-state index in [0.717, 1.165) is 31.0 Å². The summed E-state index contributed by atoms with van der Waals surface area (Å²) in [6.07, 6.45) is 1.69. The molecule has 0 aliphatic heterocycles. The van der Waals surface area contributed by atoms with Gasteiger partial charge in [0, 0.05) is 37.6 Å². The van der Waals surface area contributed by atoms with E-state index in [0.29, 0.717) is 12.2 Å². The van der Waals surface area contributed by atoms with Crippen molar-refractivity contribution in [3.63, 3.8) is 0 Å². The van der Waals surface area contributed by atoms with Crippen molar-refractivity contribution in [2.24, 2.45) is 0 Å². The molecule has 2 aromatic rings. The van der Waals surface area contributed by atoms with Crippen molar-refractivity contribution in [3.05, 3.63) is 47.8 Å². The van der Waals surface area contributed by atoms with Gasteiger partial charge < -0.3 is 20.4 Å².